The van der Waals surface area contributed by atoms with Gasteiger partial charge in [0.05, 0.1) is 24.4 Å². The lowest BCUT2D eigenvalue weighted by molar-refractivity contribution is -0.253. The lowest BCUT2D eigenvalue weighted by Gasteiger charge is -2.42. The molecule has 0 spiro atoms. The predicted octanol–water partition coefficient (Wildman–Crippen LogP) is 5.55. The Morgan fingerprint density at radius 3 is 2.36 bits per heavy atom. The summed E-state index contributed by atoms with van der Waals surface area (Å²) in [5, 5.41) is 33.2. The number of benzene rings is 3. The number of piperidine rings is 1. The summed E-state index contributed by atoms with van der Waals surface area (Å²) in [7, 11) is 0. The van der Waals surface area contributed by atoms with E-state index in [0.717, 1.165) is 22.3 Å². The smallest absolute Gasteiger partial charge is 0.303 e. The Morgan fingerprint density at radius 2 is 1.68 bits per heavy atom. The van der Waals surface area contributed by atoms with Crippen molar-refractivity contribution in [2.45, 2.75) is 69.2 Å². The molecule has 3 aromatic rings. The van der Waals surface area contributed by atoms with E-state index in [9.17, 15) is 19.8 Å². The Labute approximate surface area is 262 Å². The molecule has 1 amide bonds. The molecule has 3 atom stereocenters. The first-order valence-corrected chi connectivity index (χ1v) is 15.4. The van der Waals surface area contributed by atoms with E-state index in [1.807, 2.05) is 66.7 Å². The van der Waals surface area contributed by atoms with Gasteiger partial charge in [-0.2, -0.15) is 0 Å². The van der Waals surface area contributed by atoms with Crippen LogP contribution in [0.3, 0.4) is 0 Å². The second kappa shape index (κ2) is 14.6. The minimum absolute atomic E-state index is 0.0354. The lowest BCUT2D eigenvalue weighted by atomic mass is 9.84. The normalized spacial score (nSPS) is 21.9. The fourth-order valence-electron chi connectivity index (χ4n) is 5.86. The van der Waals surface area contributed by atoms with E-state index in [1.165, 1.54) is 0 Å². The summed E-state index contributed by atoms with van der Waals surface area (Å²) in [6, 6.07) is 22.4. The zero-order valence-electron chi connectivity index (χ0n) is 24.5. The molecule has 3 aromatic carbocycles. The number of carbonyl (C=O) groups is 2. The monoisotopic (exact) mass is 622 g/mol. The van der Waals surface area contributed by atoms with E-state index in [4.69, 9.17) is 26.2 Å². The highest BCUT2D eigenvalue weighted by molar-refractivity contribution is 6.30. The number of ether oxygens (including phenoxy) is 2. The van der Waals surface area contributed by atoms with E-state index < -0.39 is 17.9 Å². The molecule has 0 saturated carbocycles. The molecule has 234 valence electrons. The van der Waals surface area contributed by atoms with Crippen LogP contribution in [0.25, 0.3) is 0 Å². The Balaban J connectivity index is 1.28. The summed E-state index contributed by atoms with van der Waals surface area (Å²) in [5.41, 5.74) is 3.13. The van der Waals surface area contributed by atoms with Gasteiger partial charge in [-0.15, -0.1) is 0 Å². The molecule has 9 nitrogen and oxygen atoms in total. The van der Waals surface area contributed by atoms with Crippen molar-refractivity contribution in [2.75, 3.05) is 25.0 Å². The van der Waals surface area contributed by atoms with Gasteiger partial charge in [0.1, 0.15) is 0 Å². The number of aliphatic hydroxyl groups excluding tert-OH is 1. The van der Waals surface area contributed by atoms with Crippen molar-refractivity contribution in [1.82, 2.24) is 4.90 Å². The third-order valence-corrected chi connectivity index (χ3v) is 8.63. The first-order valence-electron chi connectivity index (χ1n) is 15.0. The highest BCUT2D eigenvalue weighted by Crippen LogP contribution is 2.40. The highest BCUT2D eigenvalue weighted by atomic mass is 35.5. The Hall–Kier alpha value is -3.31. The van der Waals surface area contributed by atoms with Crippen LogP contribution in [-0.4, -0.2) is 57.8 Å². The van der Waals surface area contributed by atoms with Crippen LogP contribution in [0.2, 0.25) is 5.02 Å². The summed E-state index contributed by atoms with van der Waals surface area (Å²) in [6.45, 7) is 2.06. The van der Waals surface area contributed by atoms with Crippen molar-refractivity contribution in [3.05, 3.63) is 100 Å². The van der Waals surface area contributed by atoms with Crippen molar-refractivity contribution in [1.29, 1.82) is 0 Å². The van der Waals surface area contributed by atoms with Crippen LogP contribution in [0, 0.1) is 0 Å². The van der Waals surface area contributed by atoms with Crippen molar-refractivity contribution in [3.8, 4) is 0 Å². The minimum Gasteiger partial charge on any atom is -0.481 e. The summed E-state index contributed by atoms with van der Waals surface area (Å²) >= 11 is 6.05. The number of anilines is 1. The third-order valence-electron chi connectivity index (χ3n) is 8.38. The summed E-state index contributed by atoms with van der Waals surface area (Å²) in [5.74, 6) is -1.18. The van der Waals surface area contributed by atoms with Gasteiger partial charge in [-0.1, -0.05) is 60.1 Å². The second-order valence-electron chi connectivity index (χ2n) is 11.6. The minimum atomic E-state index is -0.928. The highest BCUT2D eigenvalue weighted by Gasteiger charge is 2.37. The number of carbonyl (C=O) groups excluding carboxylic acids is 1. The molecule has 5 rings (SSSR count). The maximum atomic E-state index is 12.4. The SMILES string of the molecule is O=C(O)CCCC(=O)Nc1cccc([C@H]2O[C@@H](CN3CCC(O)(c4ccc(Cl)cc4)CC3)C[C@@H](c3ccc(CO)cc3)O2)c1. The van der Waals surface area contributed by atoms with Gasteiger partial charge in [0.2, 0.25) is 5.91 Å². The molecule has 10 heteroatoms. The Kier molecular flexibility index (Phi) is 10.7. The quantitative estimate of drug-likeness (QED) is 0.219. The Morgan fingerprint density at radius 1 is 0.955 bits per heavy atom. The standard InChI is InChI=1S/C34H39ClN2O7/c35-27-13-11-26(12-14-27)34(42)15-17-37(18-16-34)21-29-20-30(24-9-7-23(22-38)8-10-24)44-33(43-29)25-3-1-4-28(19-25)36-31(39)5-2-6-32(40)41/h1,3-4,7-14,19,29-30,33,38,42H,2,5-6,15-18,20-22H2,(H,36,39)(H,40,41)/t29-,30+,33+/m1/s1. The van der Waals surface area contributed by atoms with E-state index in [-0.39, 0.29) is 44.0 Å². The molecule has 0 aliphatic carbocycles. The number of carboxylic acid groups (broad SMARTS) is 1. The van der Waals surface area contributed by atoms with Gasteiger partial charge < -0.3 is 35.0 Å². The second-order valence-corrected chi connectivity index (χ2v) is 12.0. The number of likely N-dealkylation sites (tertiary alicyclic amines) is 1. The molecule has 4 N–H and O–H groups in total. The number of halogens is 1. The van der Waals surface area contributed by atoms with Gasteiger partial charge in [0.15, 0.2) is 6.29 Å². The fourth-order valence-corrected chi connectivity index (χ4v) is 5.99. The molecule has 2 aliphatic heterocycles. The number of hydrogen-bond acceptors (Lipinski definition) is 7. The van der Waals surface area contributed by atoms with E-state index in [1.54, 1.807) is 6.07 Å². The Bertz CT molecular complexity index is 1410. The third kappa shape index (κ3) is 8.44. The molecular weight excluding hydrogens is 584 g/mol. The van der Waals surface area contributed by atoms with Crippen molar-refractivity contribution >= 4 is 29.2 Å². The molecule has 2 fully saturated rings. The summed E-state index contributed by atoms with van der Waals surface area (Å²) in [4.78, 5) is 25.5. The van der Waals surface area contributed by atoms with Gasteiger partial charge >= 0.3 is 5.97 Å². The molecule has 44 heavy (non-hydrogen) atoms. The zero-order chi connectivity index (χ0) is 31.1. The zero-order valence-corrected chi connectivity index (χ0v) is 25.3. The molecule has 2 saturated heterocycles. The molecule has 0 radical (unpaired) electrons. The van der Waals surface area contributed by atoms with Crippen LogP contribution in [0.15, 0.2) is 72.8 Å². The number of rotatable bonds is 11. The van der Waals surface area contributed by atoms with Crippen LogP contribution < -0.4 is 5.32 Å². The van der Waals surface area contributed by atoms with Gasteiger partial charge in [0, 0.05) is 55.2 Å². The average molecular weight is 623 g/mol. The van der Waals surface area contributed by atoms with Gasteiger partial charge in [0.25, 0.3) is 0 Å². The summed E-state index contributed by atoms with van der Waals surface area (Å²) < 4.78 is 13.0. The number of amides is 1. The van der Waals surface area contributed by atoms with Crippen LogP contribution in [0.1, 0.15) is 73.2 Å². The van der Waals surface area contributed by atoms with Crippen molar-refractivity contribution in [3.63, 3.8) is 0 Å². The number of aliphatic hydroxyl groups is 2. The fraction of sp³-hybridized carbons (Fsp3) is 0.412. The molecule has 2 heterocycles. The van der Waals surface area contributed by atoms with E-state index in [2.05, 4.69) is 10.2 Å². The number of nitrogens with one attached hydrogen (secondary N) is 1. The number of carboxylic acids is 1. The number of hydrogen-bond donors (Lipinski definition) is 4. The van der Waals surface area contributed by atoms with Gasteiger partial charge in [-0.25, -0.2) is 0 Å². The largest absolute Gasteiger partial charge is 0.481 e. The van der Waals surface area contributed by atoms with Gasteiger partial charge in [-0.3, -0.25) is 9.59 Å². The van der Waals surface area contributed by atoms with Crippen LogP contribution in [-0.2, 0) is 31.3 Å². The predicted molar refractivity (Wildman–Crippen MR) is 166 cm³/mol. The first kappa shape index (κ1) is 32.1. The maximum Gasteiger partial charge on any atom is 0.303 e. The van der Waals surface area contributed by atoms with E-state index in [0.29, 0.717) is 49.6 Å². The first-order chi connectivity index (χ1) is 21.2. The van der Waals surface area contributed by atoms with Crippen LogP contribution in [0.5, 0.6) is 0 Å². The topological polar surface area (TPSA) is 129 Å². The van der Waals surface area contributed by atoms with Crippen LogP contribution >= 0.6 is 11.6 Å². The maximum absolute atomic E-state index is 12.4. The molecular formula is C34H39ClN2O7. The molecule has 0 aromatic heterocycles. The van der Waals surface area contributed by atoms with Gasteiger partial charge in [-0.05, 0) is 60.2 Å². The average Bonchev–Trinajstić information content (AvgIpc) is 3.02. The van der Waals surface area contributed by atoms with Crippen molar-refractivity contribution in [2.24, 2.45) is 0 Å². The van der Waals surface area contributed by atoms with Crippen molar-refractivity contribution < 1.29 is 34.4 Å². The number of aliphatic carboxylic acids is 1. The lowest BCUT2D eigenvalue weighted by Crippen LogP contribution is -2.46. The number of nitrogens with zero attached hydrogens (tertiary/aromatic N) is 1. The van der Waals surface area contributed by atoms with Crippen LogP contribution in [0.4, 0.5) is 5.69 Å². The summed E-state index contributed by atoms with van der Waals surface area (Å²) in [6.07, 6.45) is 1.05. The molecule has 0 unspecified atom stereocenters. The molecule has 0 bridgehead atoms. The van der Waals surface area contributed by atoms with E-state index >= 15 is 0 Å². The molecule has 2 aliphatic rings.